The Labute approximate surface area is 132 Å². The van der Waals surface area contributed by atoms with Crippen molar-refractivity contribution < 1.29 is 23.9 Å². The van der Waals surface area contributed by atoms with Gasteiger partial charge in [-0.15, -0.1) is 0 Å². The van der Waals surface area contributed by atoms with Crippen molar-refractivity contribution in [1.82, 2.24) is 5.32 Å². The molecule has 2 N–H and O–H groups in total. The van der Waals surface area contributed by atoms with Crippen LogP contribution < -0.4 is 10.6 Å². The minimum Gasteiger partial charge on any atom is -0.466 e. The number of anilines is 1. The molecule has 118 valence electrons. The third-order valence-electron chi connectivity index (χ3n) is 2.59. The van der Waals surface area contributed by atoms with Gasteiger partial charge in [-0.3, -0.25) is 4.79 Å². The van der Waals surface area contributed by atoms with Crippen LogP contribution in [0.2, 0.25) is 5.02 Å². The molecule has 0 aromatic heterocycles. The van der Waals surface area contributed by atoms with Crippen molar-refractivity contribution in [3.8, 4) is 0 Å². The summed E-state index contributed by atoms with van der Waals surface area (Å²) >= 11 is 5.86. The Morgan fingerprint density at radius 2 is 1.86 bits per heavy atom. The van der Waals surface area contributed by atoms with E-state index < -0.39 is 17.8 Å². The first-order valence-corrected chi connectivity index (χ1v) is 6.47. The van der Waals surface area contributed by atoms with Gasteiger partial charge in [0.1, 0.15) is 5.70 Å². The molecule has 1 aromatic carbocycles. The third-order valence-corrected chi connectivity index (χ3v) is 2.83. The summed E-state index contributed by atoms with van der Waals surface area (Å²) in [5.74, 6) is -1.95. The molecule has 0 unspecified atom stereocenters. The maximum Gasteiger partial charge on any atom is 0.354 e. The Balaban J connectivity index is 3.24. The normalized spacial score (nSPS) is 10.6. The number of amides is 1. The van der Waals surface area contributed by atoms with Crippen molar-refractivity contribution in [2.75, 3.05) is 26.6 Å². The fourth-order valence-electron chi connectivity index (χ4n) is 1.53. The Bertz CT molecular complexity index is 628. The highest BCUT2D eigenvalue weighted by Gasteiger charge is 2.17. The van der Waals surface area contributed by atoms with Gasteiger partial charge >= 0.3 is 11.9 Å². The largest absolute Gasteiger partial charge is 0.466 e. The summed E-state index contributed by atoms with van der Waals surface area (Å²) < 4.78 is 9.04. The van der Waals surface area contributed by atoms with E-state index in [2.05, 4.69) is 20.1 Å². The molecule has 0 aliphatic heterocycles. The monoisotopic (exact) mass is 326 g/mol. The molecule has 22 heavy (non-hydrogen) atoms. The maximum absolute atomic E-state index is 11.8. The molecule has 1 rings (SSSR count). The number of carbonyl (C=O) groups is 3. The summed E-state index contributed by atoms with van der Waals surface area (Å²) in [6, 6.07) is 4.46. The van der Waals surface area contributed by atoms with E-state index in [-0.39, 0.29) is 16.9 Å². The van der Waals surface area contributed by atoms with Gasteiger partial charge in [0.2, 0.25) is 0 Å². The topological polar surface area (TPSA) is 93.7 Å². The first-order chi connectivity index (χ1) is 10.4. The highest BCUT2D eigenvalue weighted by Crippen LogP contribution is 2.22. The fourth-order valence-corrected chi connectivity index (χ4v) is 1.70. The van der Waals surface area contributed by atoms with Gasteiger partial charge in [0.25, 0.3) is 5.91 Å². The summed E-state index contributed by atoms with van der Waals surface area (Å²) in [7, 11) is 3.79. The smallest absolute Gasteiger partial charge is 0.354 e. The number of hydrogen-bond donors (Lipinski definition) is 2. The first kappa shape index (κ1) is 17.5. The predicted molar refractivity (Wildman–Crippen MR) is 80.6 cm³/mol. The van der Waals surface area contributed by atoms with Gasteiger partial charge < -0.3 is 20.1 Å². The van der Waals surface area contributed by atoms with Crippen molar-refractivity contribution >= 4 is 35.1 Å². The van der Waals surface area contributed by atoms with Crippen LogP contribution in [0.4, 0.5) is 5.69 Å². The van der Waals surface area contributed by atoms with Gasteiger partial charge in [0.15, 0.2) is 0 Å². The molecule has 0 atom stereocenters. The molecule has 0 aliphatic rings. The number of rotatable bonds is 5. The summed E-state index contributed by atoms with van der Waals surface area (Å²) in [6.45, 7) is 0. The highest BCUT2D eigenvalue weighted by atomic mass is 35.5. The van der Waals surface area contributed by atoms with Crippen molar-refractivity contribution in [3.05, 3.63) is 40.6 Å². The molecule has 0 fully saturated rings. The summed E-state index contributed by atoms with van der Waals surface area (Å²) in [5, 5.41) is 5.47. The van der Waals surface area contributed by atoms with Gasteiger partial charge in [0, 0.05) is 12.1 Å². The lowest BCUT2D eigenvalue weighted by Crippen LogP contribution is -2.21. The summed E-state index contributed by atoms with van der Waals surface area (Å²) in [6.07, 6.45) is 0.925. The van der Waals surface area contributed by atoms with Gasteiger partial charge in [-0.25, -0.2) is 9.59 Å². The molecule has 0 aliphatic carbocycles. The summed E-state index contributed by atoms with van der Waals surface area (Å²) in [4.78, 5) is 34.9. The van der Waals surface area contributed by atoms with Crippen LogP contribution >= 0.6 is 11.6 Å². The second-order valence-electron chi connectivity index (χ2n) is 3.97. The predicted octanol–water partition coefficient (Wildman–Crippen LogP) is 1.34. The number of hydrogen-bond acceptors (Lipinski definition) is 6. The van der Waals surface area contributed by atoms with Crippen LogP contribution in [0.3, 0.4) is 0 Å². The van der Waals surface area contributed by atoms with Crippen molar-refractivity contribution in [2.24, 2.45) is 0 Å². The van der Waals surface area contributed by atoms with E-state index in [1.165, 1.54) is 32.4 Å². The van der Waals surface area contributed by atoms with Crippen LogP contribution in [0.15, 0.2) is 30.0 Å². The number of ether oxygens (including phenoxy) is 2. The second kappa shape index (κ2) is 8.04. The standard InChI is InChI=1S/C14H15ClN2O5/c1-16-13(19)9-6-8(15)4-5-10(9)17-11(14(20)22-3)7-12(18)21-2/h4-7,17H,1-3H3,(H,16,19)/b11-7+. The zero-order chi connectivity index (χ0) is 16.7. The van der Waals surface area contributed by atoms with Crippen LogP contribution in [0.5, 0.6) is 0 Å². The average Bonchev–Trinajstić information content (AvgIpc) is 2.53. The van der Waals surface area contributed by atoms with Gasteiger partial charge in [-0.2, -0.15) is 0 Å². The minimum atomic E-state index is -0.789. The Morgan fingerprint density at radius 1 is 1.18 bits per heavy atom. The summed E-state index contributed by atoms with van der Waals surface area (Å²) in [5.41, 5.74) is 0.306. The van der Waals surface area contributed by atoms with Crippen LogP contribution in [0, 0.1) is 0 Å². The van der Waals surface area contributed by atoms with E-state index in [4.69, 9.17) is 11.6 Å². The molecule has 1 aromatic rings. The van der Waals surface area contributed by atoms with E-state index in [1.807, 2.05) is 0 Å². The zero-order valence-electron chi connectivity index (χ0n) is 12.2. The number of nitrogens with one attached hydrogen (secondary N) is 2. The van der Waals surface area contributed by atoms with Gasteiger partial charge in [-0.1, -0.05) is 11.6 Å². The SMILES string of the molecule is CNC(=O)c1cc(Cl)ccc1N/C(=C/C(=O)OC)C(=O)OC. The molecular formula is C14H15ClN2O5. The van der Waals surface area contributed by atoms with Crippen molar-refractivity contribution in [3.63, 3.8) is 0 Å². The number of methoxy groups -OCH3 is 2. The van der Waals surface area contributed by atoms with Gasteiger partial charge in [-0.05, 0) is 18.2 Å². The van der Waals surface area contributed by atoms with E-state index in [1.54, 1.807) is 0 Å². The Morgan fingerprint density at radius 3 is 2.41 bits per heavy atom. The highest BCUT2D eigenvalue weighted by molar-refractivity contribution is 6.31. The van der Waals surface area contributed by atoms with Crippen LogP contribution in [0.25, 0.3) is 0 Å². The molecule has 0 spiro atoms. The lowest BCUT2D eigenvalue weighted by molar-refractivity contribution is -0.138. The molecule has 1 amide bonds. The molecule has 7 nitrogen and oxygen atoms in total. The van der Waals surface area contributed by atoms with E-state index in [0.29, 0.717) is 5.02 Å². The van der Waals surface area contributed by atoms with Gasteiger partial charge in [0.05, 0.1) is 31.5 Å². The Hall–Kier alpha value is -2.54. The average molecular weight is 327 g/mol. The van der Waals surface area contributed by atoms with Crippen LogP contribution in [0.1, 0.15) is 10.4 Å². The zero-order valence-corrected chi connectivity index (χ0v) is 13.0. The maximum atomic E-state index is 11.8. The van der Waals surface area contributed by atoms with Crippen molar-refractivity contribution in [2.45, 2.75) is 0 Å². The lowest BCUT2D eigenvalue weighted by Gasteiger charge is -2.13. The number of benzene rings is 1. The van der Waals surface area contributed by atoms with Crippen molar-refractivity contribution in [1.29, 1.82) is 0 Å². The molecule has 0 heterocycles. The van der Waals surface area contributed by atoms with Crippen LogP contribution in [-0.4, -0.2) is 39.1 Å². The quantitative estimate of drug-likeness (QED) is 0.626. The second-order valence-corrected chi connectivity index (χ2v) is 4.40. The molecule has 0 radical (unpaired) electrons. The fraction of sp³-hybridized carbons (Fsp3) is 0.214. The van der Waals surface area contributed by atoms with Crippen LogP contribution in [-0.2, 0) is 19.1 Å². The number of halogens is 1. The first-order valence-electron chi connectivity index (χ1n) is 6.09. The van der Waals surface area contributed by atoms with E-state index in [0.717, 1.165) is 13.2 Å². The molecule has 0 bridgehead atoms. The Kier molecular flexibility index (Phi) is 6.40. The number of esters is 2. The molecule has 0 saturated carbocycles. The molecule has 8 heteroatoms. The molecule has 0 saturated heterocycles. The third kappa shape index (κ3) is 4.49. The molecular weight excluding hydrogens is 312 g/mol. The number of carbonyl (C=O) groups excluding carboxylic acids is 3. The van der Waals surface area contributed by atoms with E-state index in [9.17, 15) is 14.4 Å². The van der Waals surface area contributed by atoms with E-state index >= 15 is 0 Å². The minimum absolute atomic E-state index is 0.179. The lowest BCUT2D eigenvalue weighted by atomic mass is 10.1.